The van der Waals surface area contributed by atoms with Crippen molar-refractivity contribution in [2.45, 2.75) is 55.9 Å². The van der Waals surface area contributed by atoms with Crippen LogP contribution >= 0.6 is 23.1 Å². The normalized spacial score (nSPS) is 18.0. The van der Waals surface area contributed by atoms with E-state index in [1.165, 1.54) is 30.2 Å². The second kappa shape index (κ2) is 9.54. The molecule has 1 aromatic heterocycles. The fraction of sp³-hybridized carbons (Fsp3) is 0.417. The zero-order chi connectivity index (χ0) is 25.5. The molecule has 9 nitrogen and oxygen atoms in total. The van der Waals surface area contributed by atoms with Crippen LogP contribution in [0, 0.1) is 0 Å². The molecule has 11 heteroatoms. The molecule has 0 saturated carbocycles. The van der Waals surface area contributed by atoms with E-state index in [1.54, 1.807) is 49.9 Å². The minimum Gasteiger partial charge on any atom is -0.465 e. The number of carbonyl (C=O) groups excluding carboxylic acids is 4. The Hall–Kier alpha value is -3.05. The molecule has 2 aromatic rings. The topological polar surface area (TPSA) is 119 Å². The van der Waals surface area contributed by atoms with Crippen LogP contribution < -0.4 is 10.6 Å². The summed E-state index contributed by atoms with van der Waals surface area (Å²) in [7, 11) is 1.26. The largest absolute Gasteiger partial charge is 0.465 e. The summed E-state index contributed by atoms with van der Waals surface area (Å²) in [5, 5.41) is -0.364. The van der Waals surface area contributed by atoms with E-state index in [2.05, 4.69) is 0 Å². The molecule has 2 aliphatic rings. The Kier molecular flexibility index (Phi) is 6.83. The minimum atomic E-state index is -0.638. The molecular weight excluding hydrogens is 490 g/mol. The van der Waals surface area contributed by atoms with Gasteiger partial charge in [-0.3, -0.25) is 9.59 Å². The molecule has 1 unspecified atom stereocenters. The van der Waals surface area contributed by atoms with Gasteiger partial charge in [-0.25, -0.2) is 14.5 Å². The Balaban J connectivity index is 1.63. The number of anilines is 2. The minimum absolute atomic E-state index is 0.0150. The number of esters is 1. The summed E-state index contributed by atoms with van der Waals surface area (Å²) in [6.07, 6.45) is -0.0535. The van der Waals surface area contributed by atoms with Crippen molar-refractivity contribution < 1.29 is 28.7 Å². The van der Waals surface area contributed by atoms with Crippen molar-refractivity contribution in [3.8, 4) is 0 Å². The summed E-state index contributed by atoms with van der Waals surface area (Å²) in [4.78, 5) is 55.9. The van der Waals surface area contributed by atoms with Gasteiger partial charge >= 0.3 is 12.1 Å². The number of nitrogen functional groups attached to an aromatic ring is 1. The number of rotatable bonds is 4. The highest BCUT2D eigenvalue weighted by atomic mass is 32.2. The number of hydrogen-bond acceptors (Lipinski definition) is 9. The number of methoxy groups -OCH3 is 1. The van der Waals surface area contributed by atoms with Crippen molar-refractivity contribution in [3.05, 3.63) is 40.3 Å². The Labute approximate surface area is 211 Å². The maximum absolute atomic E-state index is 13.3. The second-order valence-electron chi connectivity index (χ2n) is 9.27. The number of nitrogens with two attached hydrogens (primary N) is 1. The average Bonchev–Trinajstić information content (AvgIpc) is 3.29. The first-order valence-corrected chi connectivity index (χ1v) is 12.8. The zero-order valence-electron chi connectivity index (χ0n) is 20.0. The molecular formula is C24H27N3O6S2. The van der Waals surface area contributed by atoms with Gasteiger partial charge in [0.15, 0.2) is 0 Å². The van der Waals surface area contributed by atoms with Crippen LogP contribution in [0.2, 0.25) is 0 Å². The standard InChI is InChI=1S/C24H27N3O6S2/c1-24(2,3)33-23(31)26-10-9-15-17(12-26)35-21(19(15)22(30)32-4)27-18(28)11-16(20(27)29)34-14-7-5-13(25)6-8-14/h5-8,16H,9-12,25H2,1-4H3. The summed E-state index contributed by atoms with van der Waals surface area (Å²) >= 11 is 2.45. The van der Waals surface area contributed by atoms with E-state index in [0.29, 0.717) is 24.2 Å². The number of benzene rings is 1. The average molecular weight is 518 g/mol. The number of hydrogen-bond donors (Lipinski definition) is 1. The third kappa shape index (κ3) is 5.15. The highest BCUT2D eigenvalue weighted by Crippen LogP contribution is 2.43. The van der Waals surface area contributed by atoms with Crippen molar-refractivity contribution >= 4 is 57.7 Å². The summed E-state index contributed by atoms with van der Waals surface area (Å²) < 4.78 is 10.5. The Morgan fingerprint density at radius 1 is 1.17 bits per heavy atom. The van der Waals surface area contributed by atoms with Crippen molar-refractivity contribution in [3.63, 3.8) is 0 Å². The highest BCUT2D eigenvalue weighted by molar-refractivity contribution is 8.00. The molecule has 3 amide bonds. The first-order valence-electron chi connectivity index (χ1n) is 11.1. The number of carbonyl (C=O) groups is 4. The molecule has 1 saturated heterocycles. The molecule has 4 rings (SSSR count). The highest BCUT2D eigenvalue weighted by Gasteiger charge is 2.44. The van der Waals surface area contributed by atoms with E-state index < -0.39 is 22.9 Å². The van der Waals surface area contributed by atoms with Gasteiger partial charge in [-0.1, -0.05) is 0 Å². The van der Waals surface area contributed by atoms with Gasteiger partial charge in [0, 0.05) is 28.4 Å². The van der Waals surface area contributed by atoms with Crippen LogP contribution in [0.25, 0.3) is 0 Å². The number of ether oxygens (including phenoxy) is 2. The first kappa shape index (κ1) is 25.1. The fourth-order valence-corrected chi connectivity index (χ4v) is 6.39. The maximum Gasteiger partial charge on any atom is 0.410 e. The molecule has 3 heterocycles. The molecule has 186 valence electrons. The number of amides is 3. The Bertz CT molecular complexity index is 1190. The molecule has 1 fully saturated rings. The van der Waals surface area contributed by atoms with Gasteiger partial charge in [-0.2, -0.15) is 0 Å². The lowest BCUT2D eigenvalue weighted by molar-refractivity contribution is -0.121. The lowest BCUT2D eigenvalue weighted by Gasteiger charge is -2.30. The van der Waals surface area contributed by atoms with Crippen LogP contribution in [0.3, 0.4) is 0 Å². The van der Waals surface area contributed by atoms with Crippen molar-refractivity contribution in [2.75, 3.05) is 24.3 Å². The first-order chi connectivity index (χ1) is 16.5. The molecule has 0 spiro atoms. The summed E-state index contributed by atoms with van der Waals surface area (Å²) in [5.74, 6) is -1.38. The van der Waals surface area contributed by atoms with Crippen molar-refractivity contribution in [1.29, 1.82) is 0 Å². The smallest absolute Gasteiger partial charge is 0.410 e. The van der Waals surface area contributed by atoms with E-state index in [-0.39, 0.29) is 35.3 Å². The van der Waals surface area contributed by atoms with Gasteiger partial charge in [0.1, 0.15) is 10.6 Å². The number of fused-ring (bicyclic) bond motifs is 1. The van der Waals surface area contributed by atoms with E-state index in [1.807, 2.05) is 0 Å². The molecule has 0 radical (unpaired) electrons. The summed E-state index contributed by atoms with van der Waals surface area (Å²) in [6, 6.07) is 7.08. The van der Waals surface area contributed by atoms with E-state index in [4.69, 9.17) is 15.2 Å². The number of nitrogens with zero attached hydrogens (tertiary/aromatic N) is 2. The Morgan fingerprint density at radius 3 is 2.49 bits per heavy atom. The molecule has 1 aromatic carbocycles. The SMILES string of the molecule is COC(=O)c1c(N2C(=O)CC(Sc3ccc(N)cc3)C2=O)sc2c1CCN(C(=O)OC(C)(C)C)C2. The maximum atomic E-state index is 13.3. The molecule has 35 heavy (non-hydrogen) atoms. The quantitative estimate of drug-likeness (QED) is 0.369. The third-order valence-electron chi connectivity index (χ3n) is 5.55. The van der Waals surface area contributed by atoms with E-state index in [9.17, 15) is 19.2 Å². The zero-order valence-corrected chi connectivity index (χ0v) is 21.6. The lowest BCUT2D eigenvalue weighted by atomic mass is 10.0. The summed E-state index contributed by atoms with van der Waals surface area (Å²) in [5.41, 5.74) is 6.62. The molecule has 0 bridgehead atoms. The van der Waals surface area contributed by atoms with E-state index in [0.717, 1.165) is 14.7 Å². The predicted octanol–water partition coefficient (Wildman–Crippen LogP) is 3.83. The molecule has 1 atom stereocenters. The van der Waals surface area contributed by atoms with Crippen LogP contribution in [0.5, 0.6) is 0 Å². The van der Waals surface area contributed by atoms with Crippen LogP contribution in [-0.2, 0) is 32.0 Å². The summed E-state index contributed by atoms with van der Waals surface area (Å²) in [6.45, 7) is 5.95. The van der Waals surface area contributed by atoms with Crippen LogP contribution in [0.15, 0.2) is 29.2 Å². The number of thiophene rings is 1. The predicted molar refractivity (Wildman–Crippen MR) is 134 cm³/mol. The van der Waals surface area contributed by atoms with Gasteiger partial charge in [-0.15, -0.1) is 23.1 Å². The molecule has 0 aliphatic carbocycles. The third-order valence-corrected chi connectivity index (χ3v) is 7.95. The second-order valence-corrected chi connectivity index (χ2v) is 11.6. The van der Waals surface area contributed by atoms with Crippen LogP contribution in [0.4, 0.5) is 15.5 Å². The van der Waals surface area contributed by atoms with Gasteiger partial charge in [0.25, 0.3) is 0 Å². The fourth-order valence-electron chi connectivity index (χ4n) is 3.96. The van der Waals surface area contributed by atoms with Gasteiger partial charge in [0.2, 0.25) is 11.8 Å². The van der Waals surface area contributed by atoms with Crippen molar-refractivity contribution in [2.24, 2.45) is 0 Å². The van der Waals surface area contributed by atoms with E-state index >= 15 is 0 Å². The number of thioether (sulfide) groups is 1. The van der Waals surface area contributed by atoms with Crippen molar-refractivity contribution in [1.82, 2.24) is 4.90 Å². The van der Waals surface area contributed by atoms with Crippen LogP contribution in [0.1, 0.15) is 48.0 Å². The molecule has 2 N–H and O–H groups in total. The lowest BCUT2D eigenvalue weighted by Crippen LogP contribution is -2.39. The monoisotopic (exact) mass is 517 g/mol. The number of imide groups is 1. The van der Waals surface area contributed by atoms with Gasteiger partial charge in [-0.05, 0) is 57.0 Å². The van der Waals surface area contributed by atoms with Gasteiger partial charge in [0.05, 0.1) is 24.5 Å². The molecule has 2 aliphatic heterocycles. The van der Waals surface area contributed by atoms with Gasteiger partial charge < -0.3 is 20.1 Å². The Morgan fingerprint density at radius 2 is 1.86 bits per heavy atom. The van der Waals surface area contributed by atoms with Crippen LogP contribution in [-0.4, -0.2) is 53.3 Å².